The fourth-order valence-corrected chi connectivity index (χ4v) is 4.49. The van der Waals surface area contributed by atoms with Crippen molar-refractivity contribution in [2.45, 2.75) is 13.8 Å². The van der Waals surface area contributed by atoms with Gasteiger partial charge in [0.25, 0.3) is 5.91 Å². The van der Waals surface area contributed by atoms with Gasteiger partial charge in [0, 0.05) is 43.5 Å². The van der Waals surface area contributed by atoms with Gasteiger partial charge in [-0.15, -0.1) is 11.3 Å². The van der Waals surface area contributed by atoms with Gasteiger partial charge < -0.3 is 9.80 Å². The first-order valence-electron chi connectivity index (χ1n) is 9.08. The summed E-state index contributed by atoms with van der Waals surface area (Å²) in [6.07, 6.45) is 1.65. The maximum Gasteiger partial charge on any atom is 0.265 e. The van der Waals surface area contributed by atoms with Gasteiger partial charge >= 0.3 is 0 Å². The van der Waals surface area contributed by atoms with E-state index in [0.717, 1.165) is 41.0 Å². The summed E-state index contributed by atoms with van der Waals surface area (Å²) in [5.41, 5.74) is 1.81. The molecule has 28 heavy (non-hydrogen) atoms. The largest absolute Gasteiger partial charge is 0.353 e. The molecule has 0 unspecified atom stereocenters. The smallest absolute Gasteiger partial charge is 0.265 e. The third-order valence-corrected chi connectivity index (χ3v) is 6.01. The number of carbonyl (C=O) groups is 1. The zero-order chi connectivity index (χ0) is 19.7. The Kier molecular flexibility index (Phi) is 5.28. The molecule has 0 radical (unpaired) electrons. The Balaban J connectivity index is 1.44. The maximum atomic E-state index is 12.9. The first-order valence-corrected chi connectivity index (χ1v) is 10.3. The van der Waals surface area contributed by atoms with Crippen LogP contribution < -0.4 is 4.90 Å². The van der Waals surface area contributed by atoms with Crippen LogP contribution in [0, 0.1) is 13.8 Å². The summed E-state index contributed by atoms with van der Waals surface area (Å²) in [7, 11) is 0. The average molecular weight is 414 g/mol. The van der Waals surface area contributed by atoms with Crippen LogP contribution in [-0.4, -0.2) is 51.9 Å². The standard InChI is InChI=1S/C20H20ClN5OS/c1-13-11-18(24-14(2)23-13)25-7-9-26(10-8-25)20(27)17-12-22-19(28-17)15-5-3-4-6-16(15)21/h3-6,11-12H,7-10H2,1-2H3. The molecule has 1 amide bonds. The van der Waals surface area contributed by atoms with Gasteiger partial charge in [0.05, 0.1) is 11.2 Å². The molecule has 0 N–H and O–H groups in total. The monoisotopic (exact) mass is 413 g/mol. The molecule has 1 fully saturated rings. The molecule has 0 aliphatic carbocycles. The normalized spacial score (nSPS) is 14.4. The SMILES string of the molecule is Cc1cc(N2CCN(C(=O)c3cnc(-c4ccccc4Cl)s3)CC2)nc(C)n1. The van der Waals surface area contributed by atoms with Crippen molar-refractivity contribution in [2.75, 3.05) is 31.1 Å². The lowest BCUT2D eigenvalue weighted by Gasteiger charge is -2.35. The van der Waals surface area contributed by atoms with Gasteiger partial charge in [-0.25, -0.2) is 15.0 Å². The lowest BCUT2D eigenvalue weighted by Crippen LogP contribution is -2.49. The predicted octanol–water partition coefficient (Wildman–Crippen LogP) is 3.83. The number of rotatable bonds is 3. The van der Waals surface area contributed by atoms with Crippen molar-refractivity contribution < 1.29 is 4.79 Å². The van der Waals surface area contributed by atoms with Crippen LogP contribution in [0.4, 0.5) is 5.82 Å². The number of carbonyl (C=O) groups excluding carboxylic acids is 1. The topological polar surface area (TPSA) is 62.2 Å². The van der Waals surface area contributed by atoms with E-state index in [1.807, 2.05) is 49.1 Å². The van der Waals surface area contributed by atoms with E-state index >= 15 is 0 Å². The third-order valence-electron chi connectivity index (χ3n) is 4.66. The van der Waals surface area contributed by atoms with E-state index in [-0.39, 0.29) is 5.91 Å². The van der Waals surface area contributed by atoms with Crippen molar-refractivity contribution in [1.29, 1.82) is 0 Å². The molecule has 6 nitrogen and oxygen atoms in total. The van der Waals surface area contributed by atoms with Gasteiger partial charge in [-0.05, 0) is 19.9 Å². The highest BCUT2D eigenvalue weighted by Crippen LogP contribution is 2.31. The molecule has 1 saturated heterocycles. The summed E-state index contributed by atoms with van der Waals surface area (Å²) >= 11 is 7.63. The number of hydrogen-bond acceptors (Lipinski definition) is 6. The lowest BCUT2D eigenvalue weighted by molar-refractivity contribution is 0.0751. The number of thiazole rings is 1. The fraction of sp³-hybridized carbons (Fsp3) is 0.300. The lowest BCUT2D eigenvalue weighted by atomic mass is 10.2. The molecule has 4 rings (SSSR count). The van der Waals surface area contributed by atoms with Crippen LogP contribution in [0.3, 0.4) is 0 Å². The highest BCUT2D eigenvalue weighted by Gasteiger charge is 2.25. The van der Waals surface area contributed by atoms with Crippen LogP contribution in [0.2, 0.25) is 5.02 Å². The molecule has 1 aliphatic heterocycles. The Morgan fingerprint density at radius 1 is 1.11 bits per heavy atom. The van der Waals surface area contributed by atoms with E-state index in [9.17, 15) is 4.79 Å². The summed E-state index contributed by atoms with van der Waals surface area (Å²) in [4.78, 5) is 30.9. The Morgan fingerprint density at radius 3 is 2.57 bits per heavy atom. The van der Waals surface area contributed by atoms with Crippen LogP contribution >= 0.6 is 22.9 Å². The van der Waals surface area contributed by atoms with Gasteiger partial charge in [-0.1, -0.05) is 29.8 Å². The zero-order valence-electron chi connectivity index (χ0n) is 15.7. The van der Waals surface area contributed by atoms with Crippen molar-refractivity contribution >= 4 is 34.7 Å². The molecule has 0 saturated carbocycles. The molecular weight excluding hydrogens is 394 g/mol. The Bertz CT molecular complexity index is 993. The van der Waals surface area contributed by atoms with Gasteiger partial charge in [0.2, 0.25) is 0 Å². The van der Waals surface area contributed by atoms with Crippen LogP contribution in [0.25, 0.3) is 10.6 Å². The minimum absolute atomic E-state index is 0.0190. The van der Waals surface area contributed by atoms with E-state index in [2.05, 4.69) is 19.9 Å². The van der Waals surface area contributed by atoms with Gasteiger partial charge in [0.1, 0.15) is 21.5 Å². The van der Waals surface area contributed by atoms with Gasteiger partial charge in [-0.3, -0.25) is 4.79 Å². The zero-order valence-corrected chi connectivity index (χ0v) is 17.3. The Morgan fingerprint density at radius 2 is 1.86 bits per heavy atom. The molecule has 144 valence electrons. The first kappa shape index (κ1) is 18.8. The second-order valence-corrected chi connectivity index (χ2v) is 8.14. The number of piperazine rings is 1. The van der Waals surface area contributed by atoms with Gasteiger partial charge in [-0.2, -0.15) is 0 Å². The van der Waals surface area contributed by atoms with Gasteiger partial charge in [0.15, 0.2) is 0 Å². The number of nitrogens with zero attached hydrogens (tertiary/aromatic N) is 5. The second-order valence-electron chi connectivity index (χ2n) is 6.70. The van der Waals surface area contributed by atoms with E-state index in [1.165, 1.54) is 11.3 Å². The van der Waals surface area contributed by atoms with E-state index < -0.39 is 0 Å². The predicted molar refractivity (Wildman–Crippen MR) is 112 cm³/mol. The molecule has 3 aromatic rings. The summed E-state index contributed by atoms with van der Waals surface area (Å²) in [6, 6.07) is 9.53. The molecule has 0 spiro atoms. The van der Waals surface area contributed by atoms with Crippen molar-refractivity contribution in [1.82, 2.24) is 19.9 Å². The Hall–Kier alpha value is -2.51. The summed E-state index contributed by atoms with van der Waals surface area (Å²) in [6.45, 7) is 6.67. The minimum atomic E-state index is 0.0190. The number of aryl methyl sites for hydroxylation is 2. The number of anilines is 1. The van der Waals surface area contributed by atoms with Crippen molar-refractivity contribution in [3.05, 3.63) is 57.9 Å². The first-order chi connectivity index (χ1) is 13.5. The summed E-state index contributed by atoms with van der Waals surface area (Å²) < 4.78 is 0. The number of aromatic nitrogens is 3. The highest BCUT2D eigenvalue weighted by atomic mass is 35.5. The summed E-state index contributed by atoms with van der Waals surface area (Å²) in [5, 5.41) is 1.40. The maximum absolute atomic E-state index is 12.9. The van der Waals surface area contributed by atoms with E-state index in [0.29, 0.717) is 23.0 Å². The van der Waals surface area contributed by atoms with Crippen molar-refractivity contribution in [3.63, 3.8) is 0 Å². The number of hydrogen-bond donors (Lipinski definition) is 0. The molecule has 3 heterocycles. The summed E-state index contributed by atoms with van der Waals surface area (Å²) in [5.74, 6) is 1.71. The van der Waals surface area contributed by atoms with E-state index in [4.69, 9.17) is 11.6 Å². The minimum Gasteiger partial charge on any atom is -0.353 e. The molecule has 2 aromatic heterocycles. The highest BCUT2D eigenvalue weighted by molar-refractivity contribution is 7.17. The van der Waals surface area contributed by atoms with Crippen LogP contribution in [-0.2, 0) is 0 Å². The average Bonchev–Trinajstić information content (AvgIpc) is 3.17. The quantitative estimate of drug-likeness (QED) is 0.653. The molecule has 0 atom stereocenters. The Labute approximate surface area is 172 Å². The molecule has 1 aromatic carbocycles. The van der Waals surface area contributed by atoms with Crippen LogP contribution in [0.5, 0.6) is 0 Å². The fourth-order valence-electron chi connectivity index (χ4n) is 3.29. The van der Waals surface area contributed by atoms with Crippen molar-refractivity contribution in [3.8, 4) is 10.6 Å². The van der Waals surface area contributed by atoms with E-state index in [1.54, 1.807) is 6.20 Å². The molecule has 0 bridgehead atoms. The number of benzene rings is 1. The molecule has 8 heteroatoms. The second kappa shape index (κ2) is 7.85. The molecule has 1 aliphatic rings. The number of halogens is 1. The molecular formula is C20H20ClN5OS. The third kappa shape index (κ3) is 3.86. The van der Waals surface area contributed by atoms with Crippen LogP contribution in [0.15, 0.2) is 36.5 Å². The van der Waals surface area contributed by atoms with Crippen LogP contribution in [0.1, 0.15) is 21.2 Å². The van der Waals surface area contributed by atoms with Crippen molar-refractivity contribution in [2.24, 2.45) is 0 Å². The number of amides is 1.